The first-order valence-electron chi connectivity index (χ1n) is 5.27. The van der Waals surface area contributed by atoms with E-state index in [2.05, 4.69) is 15.3 Å². The van der Waals surface area contributed by atoms with Crippen LogP contribution in [0, 0.1) is 0 Å². The molecule has 2 rings (SSSR count). The Labute approximate surface area is 89.1 Å². The number of hydrogen-bond acceptors (Lipinski definition) is 5. The van der Waals surface area contributed by atoms with E-state index < -0.39 is 0 Å². The minimum atomic E-state index is 0.285. The van der Waals surface area contributed by atoms with E-state index in [4.69, 9.17) is 10.5 Å². The Morgan fingerprint density at radius 2 is 2.47 bits per heavy atom. The fraction of sp³-hybridized carbons (Fsp3) is 0.600. The number of nitrogens with one attached hydrogen (secondary N) is 1. The first kappa shape index (κ1) is 10.2. The van der Waals surface area contributed by atoms with Crippen molar-refractivity contribution in [3.8, 4) is 0 Å². The van der Waals surface area contributed by atoms with Crippen molar-refractivity contribution in [1.82, 2.24) is 9.97 Å². The highest BCUT2D eigenvalue weighted by Gasteiger charge is 2.13. The van der Waals surface area contributed by atoms with E-state index in [-0.39, 0.29) is 6.10 Å². The zero-order valence-electron chi connectivity index (χ0n) is 8.65. The van der Waals surface area contributed by atoms with Gasteiger partial charge in [-0.05, 0) is 19.3 Å². The molecule has 0 amide bonds. The Hall–Kier alpha value is -1.36. The summed E-state index contributed by atoms with van der Waals surface area (Å²) < 4.78 is 5.59. The third-order valence-corrected chi connectivity index (χ3v) is 2.51. The van der Waals surface area contributed by atoms with Gasteiger partial charge < -0.3 is 15.8 Å². The highest BCUT2D eigenvalue weighted by molar-refractivity contribution is 5.58. The van der Waals surface area contributed by atoms with Crippen molar-refractivity contribution in [2.75, 3.05) is 24.2 Å². The molecule has 1 aromatic rings. The fourth-order valence-corrected chi connectivity index (χ4v) is 1.67. The molecule has 0 radical (unpaired) electrons. The Morgan fingerprint density at radius 1 is 1.53 bits per heavy atom. The topological polar surface area (TPSA) is 73.1 Å². The van der Waals surface area contributed by atoms with Crippen molar-refractivity contribution in [1.29, 1.82) is 0 Å². The number of hydrogen-bond donors (Lipinski definition) is 2. The summed E-state index contributed by atoms with van der Waals surface area (Å²) in [7, 11) is 0. The summed E-state index contributed by atoms with van der Waals surface area (Å²) in [6.07, 6.45) is 6.89. The van der Waals surface area contributed by atoms with Crippen molar-refractivity contribution < 1.29 is 4.74 Å². The summed E-state index contributed by atoms with van der Waals surface area (Å²) in [4.78, 5) is 7.89. The maximum atomic E-state index is 5.71. The van der Waals surface area contributed by atoms with Crippen LogP contribution in [-0.4, -0.2) is 29.2 Å². The average molecular weight is 208 g/mol. The van der Waals surface area contributed by atoms with E-state index in [1.54, 1.807) is 6.20 Å². The van der Waals surface area contributed by atoms with Gasteiger partial charge in [0.15, 0.2) is 5.82 Å². The van der Waals surface area contributed by atoms with Crippen LogP contribution in [-0.2, 0) is 4.74 Å². The summed E-state index contributed by atoms with van der Waals surface area (Å²) in [6.45, 7) is 1.63. The van der Waals surface area contributed by atoms with Crippen LogP contribution in [0.3, 0.4) is 0 Å². The SMILES string of the molecule is Nc1cncnc1NCC1CCCCO1. The van der Waals surface area contributed by atoms with E-state index in [0.29, 0.717) is 11.5 Å². The summed E-state index contributed by atoms with van der Waals surface area (Å²) in [6, 6.07) is 0. The summed E-state index contributed by atoms with van der Waals surface area (Å²) in [5, 5.41) is 3.18. The normalized spacial score (nSPS) is 21.2. The van der Waals surface area contributed by atoms with E-state index in [0.717, 1.165) is 19.6 Å². The van der Waals surface area contributed by atoms with Crippen LogP contribution in [0.1, 0.15) is 19.3 Å². The van der Waals surface area contributed by atoms with Crippen LogP contribution < -0.4 is 11.1 Å². The minimum absolute atomic E-state index is 0.285. The maximum absolute atomic E-state index is 5.71. The Balaban J connectivity index is 1.84. The second kappa shape index (κ2) is 4.93. The minimum Gasteiger partial charge on any atom is -0.394 e. The molecule has 15 heavy (non-hydrogen) atoms. The molecule has 2 heterocycles. The second-order valence-corrected chi connectivity index (χ2v) is 3.70. The first-order valence-corrected chi connectivity index (χ1v) is 5.27. The molecule has 0 saturated carbocycles. The predicted molar refractivity (Wildman–Crippen MR) is 58.5 cm³/mol. The molecular formula is C10H16N4O. The molecule has 0 aliphatic carbocycles. The lowest BCUT2D eigenvalue weighted by molar-refractivity contribution is 0.0247. The monoisotopic (exact) mass is 208 g/mol. The Kier molecular flexibility index (Phi) is 3.34. The molecular weight excluding hydrogens is 192 g/mol. The third kappa shape index (κ3) is 2.79. The third-order valence-electron chi connectivity index (χ3n) is 2.51. The van der Waals surface area contributed by atoms with Gasteiger partial charge in [0.2, 0.25) is 0 Å². The van der Waals surface area contributed by atoms with E-state index in [9.17, 15) is 0 Å². The van der Waals surface area contributed by atoms with Crippen molar-refractivity contribution in [2.24, 2.45) is 0 Å². The number of ether oxygens (including phenoxy) is 1. The van der Waals surface area contributed by atoms with Crippen LogP contribution in [0.4, 0.5) is 11.5 Å². The number of aromatic nitrogens is 2. The van der Waals surface area contributed by atoms with Crippen molar-refractivity contribution in [2.45, 2.75) is 25.4 Å². The van der Waals surface area contributed by atoms with Crippen molar-refractivity contribution >= 4 is 11.5 Å². The molecule has 1 aliphatic rings. The van der Waals surface area contributed by atoms with Gasteiger partial charge >= 0.3 is 0 Å². The molecule has 1 aromatic heterocycles. The molecule has 5 nitrogen and oxygen atoms in total. The van der Waals surface area contributed by atoms with Gasteiger partial charge in [-0.2, -0.15) is 0 Å². The molecule has 1 aliphatic heterocycles. The summed E-state index contributed by atoms with van der Waals surface area (Å²) in [5.74, 6) is 0.694. The quantitative estimate of drug-likeness (QED) is 0.776. The second-order valence-electron chi connectivity index (χ2n) is 3.70. The van der Waals surface area contributed by atoms with Gasteiger partial charge in [0.25, 0.3) is 0 Å². The lowest BCUT2D eigenvalue weighted by Gasteiger charge is -2.23. The summed E-state index contributed by atoms with van der Waals surface area (Å²) >= 11 is 0. The van der Waals surface area contributed by atoms with Gasteiger partial charge in [-0.1, -0.05) is 0 Å². The molecule has 1 atom stereocenters. The molecule has 5 heteroatoms. The molecule has 0 bridgehead atoms. The highest BCUT2D eigenvalue weighted by Crippen LogP contribution is 2.15. The van der Waals surface area contributed by atoms with Gasteiger partial charge in [0.1, 0.15) is 6.33 Å². The summed E-state index contributed by atoms with van der Waals surface area (Å²) in [5.41, 5.74) is 6.28. The smallest absolute Gasteiger partial charge is 0.152 e. The zero-order valence-corrected chi connectivity index (χ0v) is 8.65. The van der Waals surface area contributed by atoms with Gasteiger partial charge in [-0.15, -0.1) is 0 Å². The number of nitrogens with two attached hydrogens (primary N) is 1. The van der Waals surface area contributed by atoms with E-state index >= 15 is 0 Å². The molecule has 0 aromatic carbocycles. The fourth-order valence-electron chi connectivity index (χ4n) is 1.67. The molecule has 1 fully saturated rings. The average Bonchev–Trinajstić information content (AvgIpc) is 2.29. The maximum Gasteiger partial charge on any atom is 0.152 e. The largest absolute Gasteiger partial charge is 0.394 e. The Morgan fingerprint density at radius 3 is 3.20 bits per heavy atom. The van der Waals surface area contributed by atoms with Crippen LogP contribution in [0.5, 0.6) is 0 Å². The molecule has 1 unspecified atom stereocenters. The van der Waals surface area contributed by atoms with E-state index in [1.165, 1.54) is 19.2 Å². The van der Waals surface area contributed by atoms with Gasteiger partial charge in [0, 0.05) is 13.2 Å². The molecule has 1 saturated heterocycles. The van der Waals surface area contributed by atoms with Gasteiger partial charge in [-0.25, -0.2) is 9.97 Å². The number of rotatable bonds is 3. The lowest BCUT2D eigenvalue weighted by Crippen LogP contribution is -2.27. The number of anilines is 2. The van der Waals surface area contributed by atoms with Crippen LogP contribution in [0.25, 0.3) is 0 Å². The predicted octanol–water partition coefficient (Wildman–Crippen LogP) is 1.04. The van der Waals surface area contributed by atoms with Gasteiger partial charge in [-0.3, -0.25) is 0 Å². The number of nitrogen functional groups attached to an aromatic ring is 1. The Bertz CT molecular complexity index is 312. The van der Waals surface area contributed by atoms with Crippen LogP contribution in [0.2, 0.25) is 0 Å². The van der Waals surface area contributed by atoms with Gasteiger partial charge in [0.05, 0.1) is 18.0 Å². The zero-order chi connectivity index (χ0) is 10.5. The van der Waals surface area contributed by atoms with Crippen LogP contribution >= 0.6 is 0 Å². The van der Waals surface area contributed by atoms with Crippen LogP contribution in [0.15, 0.2) is 12.5 Å². The highest BCUT2D eigenvalue weighted by atomic mass is 16.5. The number of nitrogens with zero attached hydrogens (tertiary/aromatic N) is 2. The molecule has 82 valence electrons. The first-order chi connectivity index (χ1) is 7.36. The van der Waals surface area contributed by atoms with Crippen molar-refractivity contribution in [3.63, 3.8) is 0 Å². The lowest BCUT2D eigenvalue weighted by atomic mass is 10.1. The molecule has 3 N–H and O–H groups in total. The molecule has 0 spiro atoms. The standard InChI is InChI=1S/C10H16N4O/c11-9-6-12-7-14-10(9)13-5-8-3-1-2-4-15-8/h6-8H,1-5,11H2,(H,12,13,14). The van der Waals surface area contributed by atoms with Crippen molar-refractivity contribution in [3.05, 3.63) is 12.5 Å². The van der Waals surface area contributed by atoms with E-state index in [1.807, 2.05) is 0 Å².